The Bertz CT molecular complexity index is 642. The number of benzene rings is 1. The highest BCUT2D eigenvalue weighted by atomic mass is 16.5. The lowest BCUT2D eigenvalue weighted by Crippen LogP contribution is -2.41. The average molecular weight is 274 g/mol. The zero-order valence-electron chi connectivity index (χ0n) is 11.8. The molecule has 0 atom stereocenters. The van der Waals surface area contributed by atoms with Gasteiger partial charge in [0.25, 0.3) is 5.91 Å². The van der Waals surface area contributed by atoms with Crippen LogP contribution in [-0.4, -0.2) is 48.8 Å². The number of ether oxygens (including phenoxy) is 2. The Kier molecular flexibility index (Phi) is 3.36. The van der Waals surface area contributed by atoms with Crippen LogP contribution < -0.4 is 4.74 Å². The van der Waals surface area contributed by atoms with Gasteiger partial charge in [0, 0.05) is 25.5 Å². The second-order valence-corrected chi connectivity index (χ2v) is 4.89. The Hall–Kier alpha value is -2.01. The molecule has 1 aliphatic rings. The van der Waals surface area contributed by atoms with Crippen LogP contribution in [-0.2, 0) is 11.8 Å². The van der Waals surface area contributed by atoms with Crippen molar-refractivity contribution in [2.45, 2.75) is 0 Å². The molecule has 2 aromatic rings. The summed E-state index contributed by atoms with van der Waals surface area (Å²) in [6.07, 6.45) is 0. The third-order valence-corrected chi connectivity index (χ3v) is 3.76. The minimum atomic E-state index is 0.0500. The van der Waals surface area contributed by atoms with Gasteiger partial charge in [0.2, 0.25) is 0 Å². The number of nitrogens with zero attached hydrogens (tertiary/aromatic N) is 2. The maximum Gasteiger partial charge on any atom is 0.270 e. The topological polar surface area (TPSA) is 43.7 Å². The highest BCUT2D eigenvalue weighted by Crippen LogP contribution is 2.28. The van der Waals surface area contributed by atoms with Crippen LogP contribution in [0.2, 0.25) is 0 Å². The van der Waals surface area contributed by atoms with E-state index in [4.69, 9.17) is 9.47 Å². The number of rotatable bonds is 2. The standard InChI is InChI=1S/C15H18N2O3/c1-16-12(15(18)17-6-8-20-9-7-17)10-11-4-3-5-13(19-2)14(11)16/h3-5,10H,6-9H2,1-2H3. The van der Waals surface area contributed by atoms with Crippen molar-refractivity contribution in [3.05, 3.63) is 30.0 Å². The van der Waals surface area contributed by atoms with Crippen molar-refractivity contribution in [3.63, 3.8) is 0 Å². The minimum absolute atomic E-state index is 0.0500. The molecule has 1 aromatic heterocycles. The maximum atomic E-state index is 12.6. The van der Waals surface area contributed by atoms with Crippen LogP contribution >= 0.6 is 0 Å². The van der Waals surface area contributed by atoms with Gasteiger partial charge in [0.05, 0.1) is 25.8 Å². The fourth-order valence-corrected chi connectivity index (χ4v) is 2.68. The Morgan fingerprint density at radius 2 is 2.05 bits per heavy atom. The van der Waals surface area contributed by atoms with E-state index >= 15 is 0 Å². The Balaban J connectivity index is 2.03. The first kappa shape index (κ1) is 13.0. The molecular weight excluding hydrogens is 256 g/mol. The van der Waals surface area contributed by atoms with Gasteiger partial charge in [-0.3, -0.25) is 4.79 Å². The van der Waals surface area contributed by atoms with E-state index in [1.54, 1.807) is 7.11 Å². The molecule has 2 heterocycles. The molecule has 0 spiro atoms. The molecule has 1 fully saturated rings. The number of para-hydroxylation sites is 1. The number of hydrogen-bond donors (Lipinski definition) is 0. The van der Waals surface area contributed by atoms with E-state index in [-0.39, 0.29) is 5.91 Å². The molecule has 1 aromatic carbocycles. The molecule has 0 unspecified atom stereocenters. The van der Waals surface area contributed by atoms with E-state index < -0.39 is 0 Å². The predicted octanol–water partition coefficient (Wildman–Crippen LogP) is 1.66. The van der Waals surface area contributed by atoms with Crippen molar-refractivity contribution in [1.29, 1.82) is 0 Å². The first-order valence-corrected chi connectivity index (χ1v) is 6.72. The number of aryl methyl sites for hydroxylation is 1. The summed E-state index contributed by atoms with van der Waals surface area (Å²) in [5.74, 6) is 0.833. The van der Waals surface area contributed by atoms with Crippen molar-refractivity contribution in [3.8, 4) is 5.75 Å². The van der Waals surface area contributed by atoms with Gasteiger partial charge in [-0.1, -0.05) is 12.1 Å². The zero-order valence-corrected chi connectivity index (χ0v) is 11.8. The van der Waals surface area contributed by atoms with Crippen LogP contribution in [0.5, 0.6) is 5.75 Å². The number of amides is 1. The molecule has 0 saturated carbocycles. The molecule has 1 amide bonds. The van der Waals surface area contributed by atoms with Crippen LogP contribution in [0.1, 0.15) is 10.5 Å². The monoisotopic (exact) mass is 274 g/mol. The maximum absolute atomic E-state index is 12.6. The third kappa shape index (κ3) is 2.04. The molecule has 5 heteroatoms. The zero-order chi connectivity index (χ0) is 14.1. The Labute approximate surface area is 117 Å². The first-order chi connectivity index (χ1) is 9.72. The normalized spacial score (nSPS) is 15.6. The van der Waals surface area contributed by atoms with E-state index in [0.717, 1.165) is 16.7 Å². The number of hydrogen-bond acceptors (Lipinski definition) is 3. The van der Waals surface area contributed by atoms with Gasteiger partial charge in [0.15, 0.2) is 0 Å². The predicted molar refractivity (Wildman–Crippen MR) is 76.2 cm³/mol. The summed E-state index contributed by atoms with van der Waals surface area (Å²) in [6, 6.07) is 7.76. The van der Waals surface area contributed by atoms with Crippen molar-refractivity contribution >= 4 is 16.8 Å². The van der Waals surface area contributed by atoms with E-state index in [1.807, 2.05) is 40.8 Å². The number of carbonyl (C=O) groups is 1. The van der Waals surface area contributed by atoms with E-state index in [2.05, 4.69) is 0 Å². The fraction of sp³-hybridized carbons (Fsp3) is 0.400. The quantitative estimate of drug-likeness (QED) is 0.836. The Morgan fingerprint density at radius 1 is 1.30 bits per heavy atom. The lowest BCUT2D eigenvalue weighted by Gasteiger charge is -2.26. The summed E-state index contributed by atoms with van der Waals surface area (Å²) in [5.41, 5.74) is 1.64. The highest BCUT2D eigenvalue weighted by Gasteiger charge is 2.22. The Morgan fingerprint density at radius 3 is 2.75 bits per heavy atom. The van der Waals surface area contributed by atoms with Gasteiger partial charge in [0.1, 0.15) is 11.4 Å². The van der Waals surface area contributed by atoms with Gasteiger partial charge in [-0.25, -0.2) is 0 Å². The number of methoxy groups -OCH3 is 1. The molecule has 0 bridgehead atoms. The lowest BCUT2D eigenvalue weighted by molar-refractivity contribution is 0.0297. The van der Waals surface area contributed by atoms with Crippen LogP contribution in [0.15, 0.2) is 24.3 Å². The second-order valence-electron chi connectivity index (χ2n) is 4.89. The van der Waals surface area contributed by atoms with Crippen LogP contribution in [0.4, 0.5) is 0 Å². The van der Waals surface area contributed by atoms with Crippen molar-refractivity contribution in [2.24, 2.45) is 7.05 Å². The summed E-state index contributed by atoms with van der Waals surface area (Å²) in [4.78, 5) is 14.4. The van der Waals surface area contributed by atoms with Crippen molar-refractivity contribution < 1.29 is 14.3 Å². The smallest absolute Gasteiger partial charge is 0.270 e. The summed E-state index contributed by atoms with van der Waals surface area (Å²) in [5, 5.41) is 1.02. The van der Waals surface area contributed by atoms with Crippen LogP contribution in [0.3, 0.4) is 0 Å². The van der Waals surface area contributed by atoms with E-state index in [0.29, 0.717) is 32.0 Å². The van der Waals surface area contributed by atoms with Crippen LogP contribution in [0, 0.1) is 0 Å². The molecule has 3 rings (SSSR count). The molecule has 5 nitrogen and oxygen atoms in total. The molecule has 106 valence electrons. The number of morpholine rings is 1. The third-order valence-electron chi connectivity index (χ3n) is 3.76. The molecule has 0 aliphatic carbocycles. The first-order valence-electron chi connectivity index (χ1n) is 6.72. The van der Waals surface area contributed by atoms with Gasteiger partial charge >= 0.3 is 0 Å². The van der Waals surface area contributed by atoms with Gasteiger partial charge < -0.3 is 18.9 Å². The van der Waals surface area contributed by atoms with Gasteiger partial charge in [-0.05, 0) is 12.1 Å². The van der Waals surface area contributed by atoms with Crippen molar-refractivity contribution in [2.75, 3.05) is 33.4 Å². The molecular formula is C15H18N2O3. The van der Waals surface area contributed by atoms with Gasteiger partial charge in [-0.15, -0.1) is 0 Å². The SMILES string of the molecule is COc1cccc2cc(C(=O)N3CCOCC3)n(C)c12. The second kappa shape index (κ2) is 5.17. The summed E-state index contributed by atoms with van der Waals surface area (Å²) in [7, 11) is 3.55. The molecule has 0 N–H and O–H groups in total. The molecule has 1 saturated heterocycles. The summed E-state index contributed by atoms with van der Waals surface area (Å²) >= 11 is 0. The van der Waals surface area contributed by atoms with Gasteiger partial charge in [-0.2, -0.15) is 0 Å². The van der Waals surface area contributed by atoms with Crippen molar-refractivity contribution in [1.82, 2.24) is 9.47 Å². The largest absolute Gasteiger partial charge is 0.495 e. The fourth-order valence-electron chi connectivity index (χ4n) is 2.68. The summed E-state index contributed by atoms with van der Waals surface area (Å²) < 4.78 is 12.6. The van der Waals surface area contributed by atoms with Crippen LogP contribution in [0.25, 0.3) is 10.9 Å². The van der Waals surface area contributed by atoms with E-state index in [9.17, 15) is 4.79 Å². The minimum Gasteiger partial charge on any atom is -0.495 e. The highest BCUT2D eigenvalue weighted by molar-refractivity contribution is 6.00. The molecule has 20 heavy (non-hydrogen) atoms. The average Bonchev–Trinajstić information content (AvgIpc) is 2.85. The summed E-state index contributed by atoms with van der Waals surface area (Å²) in [6.45, 7) is 2.52. The van der Waals surface area contributed by atoms with E-state index in [1.165, 1.54) is 0 Å². The number of fused-ring (bicyclic) bond motifs is 1. The number of aromatic nitrogens is 1. The number of carbonyl (C=O) groups excluding carboxylic acids is 1. The molecule has 0 radical (unpaired) electrons. The molecule has 1 aliphatic heterocycles. The lowest BCUT2D eigenvalue weighted by atomic mass is 10.2.